The third kappa shape index (κ3) is 3.83. The summed E-state index contributed by atoms with van der Waals surface area (Å²) < 4.78 is 27.7. The number of halogens is 2. The van der Waals surface area contributed by atoms with Gasteiger partial charge in [0, 0.05) is 44.7 Å². The highest BCUT2D eigenvalue weighted by atomic mass is 19.1. The molecule has 3 aliphatic rings. The average Bonchev–Trinajstić information content (AvgIpc) is 3.00. The molecule has 7 heteroatoms. The first-order valence-corrected chi connectivity index (χ1v) is 9.78. The topological polar surface area (TPSA) is 52.7 Å². The lowest BCUT2D eigenvalue weighted by atomic mass is 9.89. The van der Waals surface area contributed by atoms with Gasteiger partial charge < -0.3 is 15.1 Å². The van der Waals surface area contributed by atoms with Gasteiger partial charge in [0.1, 0.15) is 17.2 Å². The van der Waals surface area contributed by atoms with E-state index in [2.05, 4.69) is 5.32 Å². The van der Waals surface area contributed by atoms with E-state index in [1.54, 1.807) is 4.90 Å². The van der Waals surface area contributed by atoms with Gasteiger partial charge in [0.2, 0.25) is 5.91 Å². The zero-order valence-corrected chi connectivity index (χ0v) is 15.3. The maximum Gasteiger partial charge on any atom is 0.259 e. The molecular formula is C20H25F2N3O2. The van der Waals surface area contributed by atoms with Crippen LogP contribution in [0.1, 0.15) is 42.5 Å². The minimum Gasteiger partial charge on any atom is -0.339 e. The SMILES string of the molecule is O=C(CC1CC2CCC(C1)N2)N1CCN(C(=O)c2c(F)cccc2F)CC1. The molecule has 2 amide bonds. The number of carbonyl (C=O) groups is 2. The summed E-state index contributed by atoms with van der Waals surface area (Å²) in [5.41, 5.74) is -0.512. The minimum atomic E-state index is -0.848. The van der Waals surface area contributed by atoms with Crippen LogP contribution in [0.2, 0.25) is 0 Å². The molecule has 1 aromatic carbocycles. The number of fused-ring (bicyclic) bond motifs is 2. The summed E-state index contributed by atoms with van der Waals surface area (Å²) >= 11 is 0. The highest BCUT2D eigenvalue weighted by molar-refractivity contribution is 5.95. The predicted octanol–water partition coefficient (Wildman–Crippen LogP) is 2.17. The van der Waals surface area contributed by atoms with Crippen LogP contribution in [-0.4, -0.2) is 59.9 Å². The molecule has 3 saturated heterocycles. The molecule has 0 aliphatic carbocycles. The summed E-state index contributed by atoms with van der Waals surface area (Å²) in [5.74, 6) is -1.78. The van der Waals surface area contributed by atoms with Crippen molar-refractivity contribution in [2.75, 3.05) is 26.2 Å². The first-order valence-electron chi connectivity index (χ1n) is 9.78. The largest absolute Gasteiger partial charge is 0.339 e. The number of amides is 2. The maximum atomic E-state index is 13.8. The fourth-order valence-electron chi connectivity index (χ4n) is 4.74. The summed E-state index contributed by atoms with van der Waals surface area (Å²) in [5, 5.41) is 3.59. The number of benzene rings is 1. The van der Waals surface area contributed by atoms with E-state index in [4.69, 9.17) is 0 Å². The Morgan fingerprint density at radius 1 is 0.963 bits per heavy atom. The van der Waals surface area contributed by atoms with E-state index in [0.717, 1.165) is 25.0 Å². The van der Waals surface area contributed by atoms with Crippen LogP contribution in [0.25, 0.3) is 0 Å². The van der Waals surface area contributed by atoms with Crippen LogP contribution in [0.3, 0.4) is 0 Å². The number of rotatable bonds is 3. The maximum absolute atomic E-state index is 13.8. The second-order valence-electron chi connectivity index (χ2n) is 7.95. The zero-order valence-electron chi connectivity index (χ0n) is 15.3. The molecule has 27 heavy (non-hydrogen) atoms. The molecule has 146 valence electrons. The Balaban J connectivity index is 1.31. The lowest BCUT2D eigenvalue weighted by Crippen LogP contribution is -2.51. The van der Waals surface area contributed by atoms with E-state index >= 15 is 0 Å². The Labute approximate surface area is 157 Å². The summed E-state index contributed by atoms with van der Waals surface area (Å²) in [6.45, 7) is 1.43. The monoisotopic (exact) mass is 377 g/mol. The Bertz CT molecular complexity index is 702. The molecule has 0 radical (unpaired) electrons. The Morgan fingerprint density at radius 3 is 2.11 bits per heavy atom. The lowest BCUT2D eigenvalue weighted by Gasteiger charge is -2.36. The van der Waals surface area contributed by atoms with Crippen molar-refractivity contribution >= 4 is 11.8 Å². The number of hydrogen-bond donors (Lipinski definition) is 1. The third-order valence-corrected chi connectivity index (χ3v) is 6.13. The van der Waals surface area contributed by atoms with Crippen LogP contribution in [0, 0.1) is 17.6 Å². The number of carbonyl (C=O) groups excluding carboxylic acids is 2. The molecule has 1 aromatic rings. The molecule has 2 unspecified atom stereocenters. The van der Waals surface area contributed by atoms with Crippen molar-refractivity contribution in [2.24, 2.45) is 5.92 Å². The van der Waals surface area contributed by atoms with Gasteiger partial charge in [0.05, 0.1) is 0 Å². The number of nitrogens with zero attached hydrogens (tertiary/aromatic N) is 2. The van der Waals surface area contributed by atoms with Gasteiger partial charge in [-0.15, -0.1) is 0 Å². The number of piperidine rings is 1. The van der Waals surface area contributed by atoms with E-state index in [-0.39, 0.29) is 5.91 Å². The first-order chi connectivity index (χ1) is 13.0. The number of nitrogens with one attached hydrogen (secondary N) is 1. The molecule has 0 aromatic heterocycles. The molecule has 2 atom stereocenters. The van der Waals surface area contributed by atoms with Gasteiger partial charge in [0.25, 0.3) is 5.91 Å². The summed E-state index contributed by atoms with van der Waals surface area (Å²) in [6.07, 6.45) is 5.11. The van der Waals surface area contributed by atoms with Gasteiger partial charge >= 0.3 is 0 Å². The van der Waals surface area contributed by atoms with Crippen LogP contribution in [0.4, 0.5) is 8.78 Å². The van der Waals surface area contributed by atoms with Crippen molar-refractivity contribution in [3.63, 3.8) is 0 Å². The molecule has 5 nitrogen and oxygen atoms in total. The smallest absolute Gasteiger partial charge is 0.259 e. The lowest BCUT2D eigenvalue weighted by molar-refractivity contribution is -0.134. The van der Waals surface area contributed by atoms with Gasteiger partial charge in [-0.05, 0) is 43.7 Å². The highest BCUT2D eigenvalue weighted by Gasteiger charge is 2.35. The normalized spacial score (nSPS) is 27.7. The van der Waals surface area contributed by atoms with Crippen molar-refractivity contribution in [1.82, 2.24) is 15.1 Å². The molecule has 2 bridgehead atoms. The second-order valence-corrected chi connectivity index (χ2v) is 7.95. The van der Waals surface area contributed by atoms with E-state index in [9.17, 15) is 18.4 Å². The molecule has 3 aliphatic heterocycles. The Hall–Kier alpha value is -2.02. The van der Waals surface area contributed by atoms with Gasteiger partial charge in [-0.1, -0.05) is 6.07 Å². The highest BCUT2D eigenvalue weighted by Crippen LogP contribution is 2.33. The van der Waals surface area contributed by atoms with Crippen LogP contribution in [0.5, 0.6) is 0 Å². The fraction of sp³-hybridized carbons (Fsp3) is 0.600. The van der Waals surface area contributed by atoms with Crippen LogP contribution in [-0.2, 0) is 4.79 Å². The van der Waals surface area contributed by atoms with E-state index in [1.807, 2.05) is 0 Å². The predicted molar refractivity (Wildman–Crippen MR) is 96.1 cm³/mol. The van der Waals surface area contributed by atoms with Gasteiger partial charge in [0.15, 0.2) is 0 Å². The van der Waals surface area contributed by atoms with Crippen molar-refractivity contribution in [1.29, 1.82) is 0 Å². The van der Waals surface area contributed by atoms with Crippen molar-refractivity contribution < 1.29 is 18.4 Å². The zero-order chi connectivity index (χ0) is 19.0. The number of hydrogen-bond acceptors (Lipinski definition) is 3. The third-order valence-electron chi connectivity index (χ3n) is 6.13. The van der Waals surface area contributed by atoms with Crippen molar-refractivity contribution in [3.8, 4) is 0 Å². The van der Waals surface area contributed by atoms with Crippen LogP contribution in [0.15, 0.2) is 18.2 Å². The van der Waals surface area contributed by atoms with Crippen LogP contribution >= 0.6 is 0 Å². The molecule has 1 N–H and O–H groups in total. The number of piperazine rings is 1. The van der Waals surface area contributed by atoms with Crippen molar-refractivity contribution in [3.05, 3.63) is 35.4 Å². The molecule has 0 saturated carbocycles. The first kappa shape index (κ1) is 18.3. The molecule has 3 fully saturated rings. The van der Waals surface area contributed by atoms with E-state index in [0.29, 0.717) is 50.6 Å². The van der Waals surface area contributed by atoms with Gasteiger partial charge in [-0.3, -0.25) is 9.59 Å². The minimum absolute atomic E-state index is 0.130. The second kappa shape index (κ2) is 7.54. The molecule has 3 heterocycles. The van der Waals surface area contributed by atoms with Crippen LogP contribution < -0.4 is 5.32 Å². The fourth-order valence-corrected chi connectivity index (χ4v) is 4.74. The molecular weight excluding hydrogens is 352 g/mol. The quantitative estimate of drug-likeness (QED) is 0.878. The molecule has 4 rings (SSSR count). The summed E-state index contributed by atoms with van der Waals surface area (Å²) in [4.78, 5) is 28.3. The Kier molecular flexibility index (Phi) is 5.12. The summed E-state index contributed by atoms with van der Waals surface area (Å²) in [7, 11) is 0. The van der Waals surface area contributed by atoms with Crippen molar-refractivity contribution in [2.45, 2.75) is 44.2 Å². The van der Waals surface area contributed by atoms with E-state index < -0.39 is 23.1 Å². The van der Waals surface area contributed by atoms with Gasteiger partial charge in [-0.25, -0.2) is 8.78 Å². The Morgan fingerprint density at radius 2 is 1.52 bits per heavy atom. The van der Waals surface area contributed by atoms with E-state index in [1.165, 1.54) is 23.8 Å². The standard InChI is InChI=1S/C20H25F2N3O2/c21-16-2-1-3-17(22)19(16)20(27)25-8-6-24(7-9-25)18(26)12-13-10-14-4-5-15(11-13)23-14/h1-3,13-15,23H,4-12H2. The molecule has 0 spiro atoms. The summed E-state index contributed by atoms with van der Waals surface area (Å²) in [6, 6.07) is 4.54. The average molecular weight is 377 g/mol. The van der Waals surface area contributed by atoms with Gasteiger partial charge in [-0.2, -0.15) is 0 Å².